The topological polar surface area (TPSA) is 105 Å². The van der Waals surface area contributed by atoms with E-state index in [4.69, 9.17) is 4.74 Å². The molecule has 4 heterocycles. The van der Waals surface area contributed by atoms with Gasteiger partial charge in [0.05, 0.1) is 18.9 Å². The third-order valence-corrected chi connectivity index (χ3v) is 5.56. The smallest absolute Gasteiger partial charge is 0.226 e. The number of rotatable bonds is 3. The van der Waals surface area contributed by atoms with Gasteiger partial charge < -0.3 is 20.1 Å². The van der Waals surface area contributed by atoms with Crippen LogP contribution in [0.2, 0.25) is 0 Å². The summed E-state index contributed by atoms with van der Waals surface area (Å²) in [5.74, 6) is 1.82. The van der Waals surface area contributed by atoms with Crippen LogP contribution >= 0.6 is 0 Å². The van der Waals surface area contributed by atoms with Gasteiger partial charge in [-0.15, -0.1) is 10.2 Å². The van der Waals surface area contributed by atoms with Crippen LogP contribution in [-0.2, 0) is 9.53 Å². The molecule has 0 bridgehead atoms. The molecule has 1 unspecified atom stereocenters. The number of aromatic nitrogens is 4. The Kier molecular flexibility index (Phi) is 4.59. The van der Waals surface area contributed by atoms with E-state index in [2.05, 4.69) is 25.5 Å². The van der Waals surface area contributed by atoms with Crippen molar-refractivity contribution in [1.82, 2.24) is 20.0 Å². The minimum atomic E-state index is -0.185. The number of carbonyl (C=O) groups is 1. The highest BCUT2D eigenvalue weighted by Gasteiger charge is 2.33. The van der Waals surface area contributed by atoms with E-state index >= 15 is 0 Å². The number of aryl methyl sites for hydroxylation is 1. The van der Waals surface area contributed by atoms with Gasteiger partial charge in [0, 0.05) is 31.0 Å². The third-order valence-electron chi connectivity index (χ3n) is 5.56. The van der Waals surface area contributed by atoms with Gasteiger partial charge in [-0.2, -0.15) is 9.78 Å². The average molecular weight is 406 g/mol. The lowest BCUT2D eigenvalue weighted by Gasteiger charge is -2.27. The van der Waals surface area contributed by atoms with E-state index < -0.39 is 0 Å². The van der Waals surface area contributed by atoms with Crippen molar-refractivity contribution in [1.29, 1.82) is 0 Å². The van der Waals surface area contributed by atoms with Crippen molar-refractivity contribution in [3.8, 4) is 11.6 Å². The first-order valence-electron chi connectivity index (χ1n) is 9.95. The molecule has 0 aliphatic carbocycles. The van der Waals surface area contributed by atoms with Crippen molar-refractivity contribution < 1.29 is 14.6 Å². The van der Waals surface area contributed by atoms with E-state index in [0.29, 0.717) is 31.3 Å². The number of benzene rings is 1. The van der Waals surface area contributed by atoms with Crippen LogP contribution in [0, 0.1) is 6.92 Å². The molecule has 0 saturated carbocycles. The second-order valence-corrected chi connectivity index (χ2v) is 7.51. The van der Waals surface area contributed by atoms with Gasteiger partial charge in [-0.1, -0.05) is 12.1 Å². The molecule has 1 atom stereocenters. The maximum atomic E-state index is 12.5. The Bertz CT molecular complexity index is 1090. The van der Waals surface area contributed by atoms with Crippen molar-refractivity contribution in [2.75, 3.05) is 36.5 Å². The molecule has 2 aromatic heterocycles. The van der Waals surface area contributed by atoms with Crippen LogP contribution in [0.5, 0.6) is 5.75 Å². The zero-order valence-corrected chi connectivity index (χ0v) is 16.6. The lowest BCUT2D eigenvalue weighted by atomic mass is 9.86. The van der Waals surface area contributed by atoms with Gasteiger partial charge in [0.25, 0.3) is 0 Å². The standard InChI is InChI=1S/C21H22N6O3/c1-13-20-16(14-3-2-4-15(28)11-14)12-19(29)22-21(20)27(25-13)18-6-5-17(23-24-18)26-7-9-30-10-8-26/h2-6,11,16,28H,7-10,12H2,1H3,(H,22,29). The summed E-state index contributed by atoms with van der Waals surface area (Å²) in [5, 5.41) is 26.2. The molecular weight excluding hydrogens is 384 g/mol. The summed E-state index contributed by atoms with van der Waals surface area (Å²) < 4.78 is 7.02. The molecule has 154 valence electrons. The Hall–Kier alpha value is -3.46. The Morgan fingerprint density at radius 2 is 1.90 bits per heavy atom. The van der Waals surface area contributed by atoms with Gasteiger partial charge in [0.15, 0.2) is 11.6 Å². The summed E-state index contributed by atoms with van der Waals surface area (Å²) in [7, 11) is 0. The molecule has 2 N–H and O–H groups in total. The number of aromatic hydroxyl groups is 1. The summed E-state index contributed by atoms with van der Waals surface area (Å²) in [6.45, 7) is 4.84. The number of nitrogens with zero attached hydrogens (tertiary/aromatic N) is 5. The minimum Gasteiger partial charge on any atom is -0.508 e. The minimum absolute atomic E-state index is 0.102. The van der Waals surface area contributed by atoms with E-state index in [-0.39, 0.29) is 17.6 Å². The van der Waals surface area contributed by atoms with Crippen molar-refractivity contribution >= 4 is 17.5 Å². The highest BCUT2D eigenvalue weighted by Crippen LogP contribution is 2.40. The van der Waals surface area contributed by atoms with Crippen molar-refractivity contribution in [3.05, 3.63) is 53.2 Å². The fourth-order valence-electron chi connectivity index (χ4n) is 4.13. The monoisotopic (exact) mass is 406 g/mol. The third kappa shape index (κ3) is 3.26. The van der Waals surface area contributed by atoms with E-state index in [1.807, 2.05) is 25.1 Å². The number of hydrogen-bond acceptors (Lipinski definition) is 7. The number of phenolic OH excluding ortho intramolecular Hbond substituents is 1. The lowest BCUT2D eigenvalue weighted by molar-refractivity contribution is -0.116. The number of amides is 1. The number of anilines is 2. The summed E-state index contributed by atoms with van der Waals surface area (Å²) in [6, 6.07) is 10.8. The molecule has 2 aliphatic heterocycles. The number of fused-ring (bicyclic) bond motifs is 1. The first kappa shape index (κ1) is 18.6. The number of phenols is 1. The molecule has 5 rings (SSSR count). The highest BCUT2D eigenvalue weighted by atomic mass is 16.5. The Labute approximate surface area is 173 Å². The molecule has 3 aromatic rings. The summed E-state index contributed by atoms with van der Waals surface area (Å²) in [4.78, 5) is 14.6. The Balaban J connectivity index is 1.52. The number of nitrogens with one attached hydrogen (secondary N) is 1. The maximum absolute atomic E-state index is 12.5. The quantitative estimate of drug-likeness (QED) is 0.685. The van der Waals surface area contributed by atoms with Crippen LogP contribution in [0.4, 0.5) is 11.6 Å². The number of carbonyl (C=O) groups excluding carboxylic acids is 1. The van der Waals surface area contributed by atoms with Gasteiger partial charge in [-0.05, 0) is 36.8 Å². The van der Waals surface area contributed by atoms with Crippen molar-refractivity contribution in [2.45, 2.75) is 19.3 Å². The molecule has 1 amide bonds. The summed E-state index contributed by atoms with van der Waals surface area (Å²) in [5.41, 5.74) is 2.61. The van der Waals surface area contributed by atoms with E-state index in [1.165, 1.54) is 0 Å². The van der Waals surface area contributed by atoms with E-state index in [0.717, 1.165) is 35.7 Å². The summed E-state index contributed by atoms with van der Waals surface area (Å²) >= 11 is 0. The molecule has 1 fully saturated rings. The van der Waals surface area contributed by atoms with E-state index in [9.17, 15) is 9.90 Å². The molecule has 0 spiro atoms. The zero-order chi connectivity index (χ0) is 20.7. The molecule has 9 nitrogen and oxygen atoms in total. The largest absolute Gasteiger partial charge is 0.508 e. The van der Waals surface area contributed by atoms with Crippen LogP contribution in [-0.4, -0.2) is 57.3 Å². The molecule has 30 heavy (non-hydrogen) atoms. The Morgan fingerprint density at radius 3 is 2.63 bits per heavy atom. The second kappa shape index (κ2) is 7.42. The summed E-state index contributed by atoms with van der Waals surface area (Å²) in [6.07, 6.45) is 0.296. The van der Waals surface area contributed by atoms with Crippen molar-refractivity contribution in [3.63, 3.8) is 0 Å². The number of hydrogen-bond donors (Lipinski definition) is 2. The van der Waals surface area contributed by atoms with Crippen LogP contribution in [0.15, 0.2) is 36.4 Å². The Morgan fingerprint density at radius 1 is 1.13 bits per heavy atom. The first-order chi connectivity index (χ1) is 14.6. The zero-order valence-electron chi connectivity index (χ0n) is 16.6. The molecule has 9 heteroatoms. The van der Waals surface area contributed by atoms with Gasteiger partial charge in [0.2, 0.25) is 5.91 Å². The molecule has 0 radical (unpaired) electrons. The predicted molar refractivity (Wildman–Crippen MR) is 110 cm³/mol. The molecule has 2 aliphatic rings. The SMILES string of the molecule is Cc1nn(-c2ccc(N3CCOCC3)nn2)c2c1C(c1cccc(O)c1)CC(=O)N2. The number of ether oxygens (including phenoxy) is 1. The van der Waals surface area contributed by atoms with Gasteiger partial charge >= 0.3 is 0 Å². The lowest BCUT2D eigenvalue weighted by Crippen LogP contribution is -2.36. The van der Waals surface area contributed by atoms with Gasteiger partial charge in [0.1, 0.15) is 11.6 Å². The second-order valence-electron chi connectivity index (χ2n) is 7.51. The van der Waals surface area contributed by atoms with Crippen LogP contribution in [0.3, 0.4) is 0 Å². The first-order valence-corrected chi connectivity index (χ1v) is 9.95. The maximum Gasteiger partial charge on any atom is 0.226 e. The average Bonchev–Trinajstić information content (AvgIpc) is 3.10. The fourth-order valence-corrected chi connectivity index (χ4v) is 4.13. The molecule has 1 saturated heterocycles. The number of morpholine rings is 1. The van der Waals surface area contributed by atoms with Gasteiger partial charge in [-0.25, -0.2) is 0 Å². The van der Waals surface area contributed by atoms with Crippen LogP contribution in [0.25, 0.3) is 5.82 Å². The normalized spacial score (nSPS) is 18.8. The molecular formula is C21H22N6O3. The fraction of sp³-hybridized carbons (Fsp3) is 0.333. The predicted octanol–water partition coefficient (Wildman–Crippen LogP) is 1.99. The van der Waals surface area contributed by atoms with Crippen LogP contribution < -0.4 is 10.2 Å². The van der Waals surface area contributed by atoms with Crippen molar-refractivity contribution in [2.24, 2.45) is 0 Å². The van der Waals surface area contributed by atoms with Crippen LogP contribution in [0.1, 0.15) is 29.2 Å². The molecule has 1 aromatic carbocycles. The van der Waals surface area contributed by atoms with Gasteiger partial charge in [-0.3, -0.25) is 4.79 Å². The van der Waals surface area contributed by atoms with E-state index in [1.54, 1.807) is 22.9 Å². The highest BCUT2D eigenvalue weighted by molar-refractivity contribution is 5.95.